The lowest BCUT2D eigenvalue weighted by Crippen LogP contribution is -2.52. The van der Waals surface area contributed by atoms with Crippen LogP contribution in [0.1, 0.15) is 29.3 Å². The number of anilines is 1. The highest BCUT2D eigenvalue weighted by Gasteiger charge is 2.40. The highest BCUT2D eigenvalue weighted by molar-refractivity contribution is 7.10. The summed E-state index contributed by atoms with van der Waals surface area (Å²) < 4.78 is 0. The maximum absolute atomic E-state index is 13.0. The summed E-state index contributed by atoms with van der Waals surface area (Å²) in [6.45, 7) is 4.91. The van der Waals surface area contributed by atoms with Gasteiger partial charge in [0.05, 0.1) is 6.54 Å². The molecular formula is C21H26N4OS. The Morgan fingerprint density at radius 1 is 1.11 bits per heavy atom. The highest BCUT2D eigenvalue weighted by atomic mass is 32.1. The average Bonchev–Trinajstić information content (AvgIpc) is 3.44. The molecule has 0 N–H and O–H groups in total. The quantitative estimate of drug-likeness (QED) is 0.815. The van der Waals surface area contributed by atoms with Crippen molar-refractivity contribution in [1.82, 2.24) is 14.8 Å². The zero-order valence-corrected chi connectivity index (χ0v) is 16.4. The molecule has 27 heavy (non-hydrogen) atoms. The minimum Gasteiger partial charge on any atom is -0.353 e. The molecule has 0 bridgehead atoms. The van der Waals surface area contributed by atoms with Crippen molar-refractivity contribution < 1.29 is 4.79 Å². The van der Waals surface area contributed by atoms with Crippen molar-refractivity contribution in [2.75, 3.05) is 44.2 Å². The van der Waals surface area contributed by atoms with Gasteiger partial charge in [0.15, 0.2) is 0 Å². The maximum Gasteiger partial charge on any atom is 0.236 e. The summed E-state index contributed by atoms with van der Waals surface area (Å²) in [5.74, 6) is 2.06. The molecule has 1 saturated carbocycles. The summed E-state index contributed by atoms with van der Waals surface area (Å²) >= 11 is 1.89. The molecule has 1 aliphatic carbocycles. The fourth-order valence-corrected chi connectivity index (χ4v) is 5.45. The lowest BCUT2D eigenvalue weighted by molar-refractivity contribution is -0.133. The smallest absolute Gasteiger partial charge is 0.236 e. The van der Waals surface area contributed by atoms with E-state index in [1.165, 1.54) is 18.4 Å². The van der Waals surface area contributed by atoms with Crippen molar-refractivity contribution in [2.45, 2.75) is 25.3 Å². The zero-order chi connectivity index (χ0) is 18.2. The number of rotatable bonds is 4. The van der Waals surface area contributed by atoms with E-state index in [1.54, 1.807) is 4.88 Å². The number of aromatic nitrogens is 1. The Balaban J connectivity index is 1.21. The van der Waals surface area contributed by atoms with E-state index in [9.17, 15) is 4.79 Å². The third-order valence-electron chi connectivity index (χ3n) is 6.13. The summed E-state index contributed by atoms with van der Waals surface area (Å²) in [5, 5.41) is 2.22. The van der Waals surface area contributed by atoms with Gasteiger partial charge in [-0.15, -0.1) is 11.3 Å². The molecular weight excluding hydrogens is 356 g/mol. The number of piperazine rings is 1. The van der Waals surface area contributed by atoms with Crippen LogP contribution in [0, 0.1) is 5.92 Å². The van der Waals surface area contributed by atoms with Gasteiger partial charge in [0, 0.05) is 49.8 Å². The molecule has 1 saturated heterocycles. The molecule has 1 unspecified atom stereocenters. The van der Waals surface area contributed by atoms with Crippen molar-refractivity contribution in [2.24, 2.45) is 5.92 Å². The molecule has 2 aliphatic heterocycles. The number of nitrogens with zero attached hydrogens (tertiary/aromatic N) is 4. The third-order valence-corrected chi connectivity index (χ3v) is 7.13. The minimum absolute atomic E-state index is 0.292. The Morgan fingerprint density at radius 2 is 1.96 bits per heavy atom. The van der Waals surface area contributed by atoms with Crippen LogP contribution < -0.4 is 4.90 Å². The van der Waals surface area contributed by atoms with E-state index in [4.69, 9.17) is 0 Å². The van der Waals surface area contributed by atoms with E-state index < -0.39 is 0 Å². The SMILES string of the molecule is O=C(CN1CCc2sccc2C1C1CC1)N1CCN(c2ccccn2)CC1. The first-order valence-electron chi connectivity index (χ1n) is 10.0. The fraction of sp³-hybridized carbons (Fsp3) is 0.524. The van der Waals surface area contributed by atoms with Crippen LogP contribution in [0.15, 0.2) is 35.8 Å². The molecule has 0 aromatic carbocycles. The standard InChI is InChI=1S/C21H26N4OS/c26-20(24-12-10-23(11-13-24)19-3-1-2-8-22-19)15-25-9-6-18-17(7-14-27-18)21(25)16-4-5-16/h1-3,7-8,14,16,21H,4-6,9-13,15H2. The molecule has 5 nitrogen and oxygen atoms in total. The van der Waals surface area contributed by atoms with E-state index in [0.717, 1.165) is 50.9 Å². The maximum atomic E-state index is 13.0. The normalized spacial score (nSPS) is 23.3. The Labute approximate surface area is 164 Å². The van der Waals surface area contributed by atoms with Gasteiger partial charge in [0.2, 0.25) is 5.91 Å². The lowest BCUT2D eigenvalue weighted by Gasteiger charge is -2.39. The van der Waals surface area contributed by atoms with Gasteiger partial charge in [0.1, 0.15) is 5.82 Å². The Morgan fingerprint density at radius 3 is 2.70 bits per heavy atom. The molecule has 5 rings (SSSR count). The Kier molecular flexibility index (Phi) is 4.61. The molecule has 6 heteroatoms. The number of thiophene rings is 1. The lowest BCUT2D eigenvalue weighted by atomic mass is 9.96. The predicted octanol–water partition coefficient (Wildman–Crippen LogP) is 2.80. The first-order valence-corrected chi connectivity index (χ1v) is 10.9. The largest absolute Gasteiger partial charge is 0.353 e. The first-order chi connectivity index (χ1) is 13.3. The summed E-state index contributed by atoms with van der Waals surface area (Å²) in [4.78, 5) is 25.8. The second kappa shape index (κ2) is 7.24. The number of fused-ring (bicyclic) bond motifs is 1. The fourth-order valence-electron chi connectivity index (χ4n) is 4.54. The molecule has 0 spiro atoms. The molecule has 1 amide bonds. The molecule has 142 valence electrons. The molecule has 0 radical (unpaired) electrons. The summed E-state index contributed by atoms with van der Waals surface area (Å²) in [6.07, 6.45) is 5.55. The number of pyridine rings is 1. The van der Waals surface area contributed by atoms with E-state index in [0.29, 0.717) is 18.5 Å². The van der Waals surface area contributed by atoms with Gasteiger partial charge in [-0.2, -0.15) is 0 Å². The van der Waals surface area contributed by atoms with Crippen LogP contribution in [0.2, 0.25) is 0 Å². The van der Waals surface area contributed by atoms with Crippen LogP contribution in [-0.2, 0) is 11.2 Å². The third kappa shape index (κ3) is 3.48. The van der Waals surface area contributed by atoms with Gasteiger partial charge in [0.25, 0.3) is 0 Å². The van der Waals surface area contributed by atoms with Crippen molar-refractivity contribution in [1.29, 1.82) is 0 Å². The predicted molar refractivity (Wildman–Crippen MR) is 108 cm³/mol. The van der Waals surface area contributed by atoms with Crippen molar-refractivity contribution in [3.05, 3.63) is 46.3 Å². The van der Waals surface area contributed by atoms with Gasteiger partial charge < -0.3 is 9.80 Å². The number of carbonyl (C=O) groups is 1. The molecule has 4 heterocycles. The summed E-state index contributed by atoms with van der Waals surface area (Å²) in [5.41, 5.74) is 1.50. The van der Waals surface area contributed by atoms with E-state index in [-0.39, 0.29) is 0 Å². The van der Waals surface area contributed by atoms with Crippen LogP contribution >= 0.6 is 11.3 Å². The minimum atomic E-state index is 0.292. The Bertz CT molecular complexity index is 796. The van der Waals surface area contributed by atoms with Gasteiger partial charge >= 0.3 is 0 Å². The van der Waals surface area contributed by atoms with Gasteiger partial charge in [-0.1, -0.05) is 6.07 Å². The second-order valence-electron chi connectivity index (χ2n) is 7.86. The van der Waals surface area contributed by atoms with Crippen LogP contribution in [0.3, 0.4) is 0 Å². The van der Waals surface area contributed by atoms with Gasteiger partial charge in [-0.25, -0.2) is 4.98 Å². The summed E-state index contributed by atoms with van der Waals surface area (Å²) in [7, 11) is 0. The van der Waals surface area contributed by atoms with E-state index in [2.05, 4.69) is 26.2 Å². The van der Waals surface area contributed by atoms with Crippen molar-refractivity contribution in [3.63, 3.8) is 0 Å². The second-order valence-corrected chi connectivity index (χ2v) is 8.86. The topological polar surface area (TPSA) is 39.7 Å². The van der Waals surface area contributed by atoms with Gasteiger partial charge in [-0.05, 0) is 54.3 Å². The number of hydrogen-bond acceptors (Lipinski definition) is 5. The van der Waals surface area contributed by atoms with Crippen LogP contribution in [0.4, 0.5) is 5.82 Å². The number of carbonyl (C=O) groups excluding carboxylic acids is 1. The molecule has 2 aromatic rings. The highest BCUT2D eigenvalue weighted by Crippen LogP contribution is 2.48. The molecule has 3 aliphatic rings. The van der Waals surface area contributed by atoms with Gasteiger partial charge in [-0.3, -0.25) is 9.69 Å². The Hall–Kier alpha value is -1.92. The van der Waals surface area contributed by atoms with Crippen LogP contribution in [0.5, 0.6) is 0 Å². The van der Waals surface area contributed by atoms with E-state index in [1.807, 2.05) is 40.6 Å². The van der Waals surface area contributed by atoms with Crippen molar-refractivity contribution in [3.8, 4) is 0 Å². The average molecular weight is 383 g/mol. The van der Waals surface area contributed by atoms with Crippen LogP contribution in [0.25, 0.3) is 0 Å². The monoisotopic (exact) mass is 382 g/mol. The molecule has 2 aromatic heterocycles. The molecule has 1 atom stereocenters. The number of hydrogen-bond donors (Lipinski definition) is 0. The first kappa shape index (κ1) is 17.2. The van der Waals surface area contributed by atoms with E-state index >= 15 is 0 Å². The zero-order valence-electron chi connectivity index (χ0n) is 15.6. The van der Waals surface area contributed by atoms with Crippen molar-refractivity contribution >= 4 is 23.1 Å². The molecule has 2 fully saturated rings. The van der Waals surface area contributed by atoms with Crippen LogP contribution in [-0.4, -0.2) is 60.0 Å². The summed E-state index contributed by atoms with van der Waals surface area (Å²) in [6, 6.07) is 8.78. The number of amides is 1.